The van der Waals surface area contributed by atoms with E-state index < -0.39 is 57.0 Å². The highest BCUT2D eigenvalue weighted by atomic mass is 19.1. The van der Waals surface area contributed by atoms with Gasteiger partial charge in [-0.05, 0) is 25.8 Å². The normalized spacial score (nSPS) is 20.7. The molecule has 0 spiro atoms. The van der Waals surface area contributed by atoms with Crippen molar-refractivity contribution in [3.8, 4) is 11.5 Å². The zero-order valence-electron chi connectivity index (χ0n) is 14.3. The molecule has 2 aliphatic rings. The molecule has 1 atom stereocenters. The van der Waals surface area contributed by atoms with Gasteiger partial charge in [-0.25, -0.2) is 4.39 Å². The van der Waals surface area contributed by atoms with E-state index in [0.29, 0.717) is 0 Å². The number of aliphatic hydroxyl groups is 1. The molecule has 0 radical (unpaired) electrons. The van der Waals surface area contributed by atoms with Gasteiger partial charge < -0.3 is 15.3 Å². The number of fused-ring (bicyclic) bond motifs is 3. The molecule has 0 saturated carbocycles. The van der Waals surface area contributed by atoms with Crippen molar-refractivity contribution in [3.05, 3.63) is 57.4 Å². The van der Waals surface area contributed by atoms with Gasteiger partial charge in [0.2, 0.25) is 5.78 Å². The largest absolute Gasteiger partial charge is 0.507 e. The van der Waals surface area contributed by atoms with Gasteiger partial charge in [0.1, 0.15) is 22.9 Å². The standard InChI is InChI=1S/C20H15FO6/c1-8(22)20(27)6-5-9-11(7-20)18(25)14-15(16(9)23)19(26)13-10(17(14)24)3-2-4-12(13)21/h2-4,23,25,27H,5-7H2,1H3/t20-/m0/s1. The van der Waals surface area contributed by atoms with Crippen LogP contribution in [-0.4, -0.2) is 38.3 Å². The number of carbonyl (C=O) groups excluding carboxylic acids is 3. The van der Waals surface area contributed by atoms with Gasteiger partial charge in [-0.1, -0.05) is 12.1 Å². The molecule has 0 unspecified atom stereocenters. The van der Waals surface area contributed by atoms with Crippen LogP contribution < -0.4 is 0 Å². The van der Waals surface area contributed by atoms with Crippen LogP contribution in [0.15, 0.2) is 18.2 Å². The van der Waals surface area contributed by atoms with Gasteiger partial charge in [0.05, 0.1) is 16.7 Å². The van der Waals surface area contributed by atoms with E-state index in [-0.39, 0.29) is 36.0 Å². The van der Waals surface area contributed by atoms with E-state index in [0.717, 1.165) is 6.07 Å². The molecule has 2 aromatic rings. The van der Waals surface area contributed by atoms with Crippen LogP contribution in [0.4, 0.5) is 4.39 Å². The lowest BCUT2D eigenvalue weighted by atomic mass is 9.73. The monoisotopic (exact) mass is 370 g/mol. The smallest absolute Gasteiger partial charge is 0.201 e. The van der Waals surface area contributed by atoms with Crippen LogP contribution in [-0.2, 0) is 17.6 Å². The average molecular weight is 370 g/mol. The number of phenols is 2. The molecule has 7 heteroatoms. The number of carbonyl (C=O) groups is 3. The first-order valence-corrected chi connectivity index (χ1v) is 8.38. The maximum Gasteiger partial charge on any atom is 0.201 e. The Hall–Kier alpha value is -3.06. The Morgan fingerprint density at radius 1 is 1.04 bits per heavy atom. The highest BCUT2D eigenvalue weighted by molar-refractivity contribution is 6.30. The first kappa shape index (κ1) is 17.4. The summed E-state index contributed by atoms with van der Waals surface area (Å²) in [5, 5.41) is 31.8. The first-order chi connectivity index (χ1) is 12.7. The third kappa shape index (κ3) is 2.18. The van der Waals surface area contributed by atoms with Gasteiger partial charge in [0, 0.05) is 23.1 Å². The second kappa shape index (κ2) is 5.47. The summed E-state index contributed by atoms with van der Waals surface area (Å²) in [6, 6.07) is 3.58. The molecule has 6 nitrogen and oxygen atoms in total. The van der Waals surface area contributed by atoms with Crippen molar-refractivity contribution >= 4 is 17.3 Å². The Kier molecular flexibility index (Phi) is 3.52. The number of hydrogen-bond acceptors (Lipinski definition) is 6. The summed E-state index contributed by atoms with van der Waals surface area (Å²) in [7, 11) is 0. The molecule has 0 amide bonds. The number of Topliss-reactive ketones (excluding diaryl/α,β-unsaturated/α-hetero) is 1. The van der Waals surface area contributed by atoms with Crippen molar-refractivity contribution in [2.75, 3.05) is 0 Å². The van der Waals surface area contributed by atoms with Crippen molar-refractivity contribution in [1.82, 2.24) is 0 Å². The maximum atomic E-state index is 14.2. The van der Waals surface area contributed by atoms with E-state index in [1.165, 1.54) is 19.1 Å². The van der Waals surface area contributed by atoms with Crippen LogP contribution in [0.1, 0.15) is 56.3 Å². The Labute approximate surface area is 152 Å². The molecule has 0 fully saturated rings. The van der Waals surface area contributed by atoms with E-state index in [1.54, 1.807) is 0 Å². The summed E-state index contributed by atoms with van der Waals surface area (Å²) >= 11 is 0. The van der Waals surface area contributed by atoms with E-state index in [4.69, 9.17) is 0 Å². The van der Waals surface area contributed by atoms with Crippen LogP contribution in [0.3, 0.4) is 0 Å². The number of phenolic OH excluding ortho intramolecular Hbond substituents is 2. The van der Waals surface area contributed by atoms with Crippen molar-refractivity contribution in [2.24, 2.45) is 0 Å². The van der Waals surface area contributed by atoms with Crippen molar-refractivity contribution in [3.63, 3.8) is 0 Å². The number of ketones is 3. The summed E-state index contributed by atoms with van der Waals surface area (Å²) in [5.74, 6) is -4.16. The lowest BCUT2D eigenvalue weighted by Crippen LogP contribution is -2.42. The Morgan fingerprint density at radius 2 is 1.67 bits per heavy atom. The number of benzene rings is 2. The van der Waals surface area contributed by atoms with Crippen LogP contribution in [0.2, 0.25) is 0 Å². The molecule has 3 N–H and O–H groups in total. The predicted molar refractivity (Wildman–Crippen MR) is 90.7 cm³/mol. The summed E-state index contributed by atoms with van der Waals surface area (Å²) in [5.41, 5.74) is -3.02. The van der Waals surface area contributed by atoms with E-state index >= 15 is 0 Å². The minimum Gasteiger partial charge on any atom is -0.507 e. The van der Waals surface area contributed by atoms with Crippen LogP contribution in [0.25, 0.3) is 0 Å². The molecule has 0 bridgehead atoms. The Morgan fingerprint density at radius 3 is 2.33 bits per heavy atom. The summed E-state index contributed by atoms with van der Waals surface area (Å²) in [6.45, 7) is 1.22. The highest BCUT2D eigenvalue weighted by Gasteiger charge is 2.44. The number of halogens is 1. The average Bonchev–Trinajstić information content (AvgIpc) is 2.62. The van der Waals surface area contributed by atoms with Crippen LogP contribution in [0.5, 0.6) is 11.5 Å². The quantitative estimate of drug-likeness (QED) is 0.564. The minimum atomic E-state index is -1.73. The van der Waals surface area contributed by atoms with Gasteiger partial charge in [-0.3, -0.25) is 14.4 Å². The van der Waals surface area contributed by atoms with Crippen molar-refractivity contribution < 1.29 is 34.1 Å². The summed E-state index contributed by atoms with van der Waals surface area (Å²) in [6.07, 6.45) is -0.278. The van der Waals surface area contributed by atoms with E-state index in [9.17, 15) is 34.1 Å². The fourth-order valence-electron chi connectivity index (χ4n) is 3.94. The molecular weight excluding hydrogens is 355 g/mol. The number of aromatic hydroxyl groups is 2. The molecular formula is C20H15FO6. The third-order valence-electron chi connectivity index (χ3n) is 5.51. The van der Waals surface area contributed by atoms with Gasteiger partial charge in [-0.15, -0.1) is 0 Å². The molecule has 2 aliphatic carbocycles. The van der Waals surface area contributed by atoms with Crippen molar-refractivity contribution in [2.45, 2.75) is 31.8 Å². The zero-order valence-corrected chi connectivity index (χ0v) is 14.3. The summed E-state index contributed by atoms with van der Waals surface area (Å²) in [4.78, 5) is 37.4. The fraction of sp³-hybridized carbons (Fsp3) is 0.250. The molecule has 4 rings (SSSR count). The van der Waals surface area contributed by atoms with E-state index in [1.807, 2.05) is 0 Å². The van der Waals surface area contributed by atoms with E-state index in [2.05, 4.69) is 0 Å². The molecule has 138 valence electrons. The van der Waals surface area contributed by atoms with Gasteiger partial charge in [0.25, 0.3) is 0 Å². The molecule has 2 aromatic carbocycles. The van der Waals surface area contributed by atoms with Gasteiger partial charge in [-0.2, -0.15) is 0 Å². The minimum absolute atomic E-state index is 0.00575. The first-order valence-electron chi connectivity index (χ1n) is 8.38. The predicted octanol–water partition coefficient (Wildman–Crippen LogP) is 1.82. The van der Waals surface area contributed by atoms with Crippen LogP contribution >= 0.6 is 0 Å². The molecule has 0 aliphatic heterocycles. The maximum absolute atomic E-state index is 14.2. The Balaban J connectivity index is 2.01. The topological polar surface area (TPSA) is 112 Å². The van der Waals surface area contributed by atoms with Gasteiger partial charge >= 0.3 is 0 Å². The summed E-state index contributed by atoms with van der Waals surface area (Å²) < 4.78 is 14.2. The molecule has 0 saturated heterocycles. The lowest BCUT2D eigenvalue weighted by molar-refractivity contribution is -0.136. The Bertz CT molecular complexity index is 1070. The lowest BCUT2D eigenvalue weighted by Gasteiger charge is -2.33. The van der Waals surface area contributed by atoms with Gasteiger partial charge in [0.15, 0.2) is 11.6 Å². The number of rotatable bonds is 1. The zero-order chi connectivity index (χ0) is 19.7. The number of hydrogen-bond donors (Lipinski definition) is 3. The molecule has 27 heavy (non-hydrogen) atoms. The highest BCUT2D eigenvalue weighted by Crippen LogP contribution is 2.47. The van der Waals surface area contributed by atoms with Crippen molar-refractivity contribution in [1.29, 1.82) is 0 Å². The third-order valence-corrected chi connectivity index (χ3v) is 5.51. The molecule has 0 aromatic heterocycles. The van der Waals surface area contributed by atoms with Crippen LogP contribution in [0, 0.1) is 5.82 Å². The fourth-order valence-corrected chi connectivity index (χ4v) is 3.94. The molecule has 0 heterocycles. The second-order valence-corrected chi connectivity index (χ2v) is 6.99. The second-order valence-electron chi connectivity index (χ2n) is 6.99. The SMILES string of the molecule is CC(=O)[C@]1(O)CCc2c(O)c3c(c(O)c2C1)C(=O)c1cccc(F)c1C3=O.